The summed E-state index contributed by atoms with van der Waals surface area (Å²) in [6.45, 7) is 8.38. The summed E-state index contributed by atoms with van der Waals surface area (Å²) in [6, 6.07) is 18.6. The zero-order valence-electron chi connectivity index (χ0n) is 16.6. The van der Waals surface area contributed by atoms with E-state index in [9.17, 15) is 4.79 Å². The van der Waals surface area contributed by atoms with E-state index >= 15 is 0 Å². The number of hydrogen-bond acceptors (Lipinski definition) is 3. The van der Waals surface area contributed by atoms with E-state index in [0.29, 0.717) is 17.3 Å². The number of carbonyl (C=O) groups is 1. The lowest BCUT2D eigenvalue weighted by molar-refractivity contribution is 0.262. The van der Waals surface area contributed by atoms with Gasteiger partial charge in [0, 0.05) is 11.9 Å². The predicted octanol–water partition coefficient (Wildman–Crippen LogP) is 6.12. The molecule has 2 N–H and O–H groups in total. The van der Waals surface area contributed by atoms with Gasteiger partial charge in [-0.15, -0.1) is 0 Å². The average Bonchev–Trinajstić information content (AvgIpc) is 2.65. The Morgan fingerprint density at radius 1 is 0.893 bits per heavy atom. The number of urea groups is 1. The molecule has 0 saturated carbocycles. The fourth-order valence-electron chi connectivity index (χ4n) is 2.59. The molecule has 5 nitrogen and oxygen atoms in total. The molecular formula is C23H25N3O2. The van der Waals surface area contributed by atoms with Crippen LogP contribution in [0.3, 0.4) is 0 Å². The zero-order valence-corrected chi connectivity index (χ0v) is 16.6. The van der Waals surface area contributed by atoms with Gasteiger partial charge in [-0.2, -0.15) is 0 Å². The van der Waals surface area contributed by atoms with E-state index in [1.165, 1.54) is 5.56 Å². The summed E-state index contributed by atoms with van der Waals surface area (Å²) in [7, 11) is 0. The van der Waals surface area contributed by atoms with E-state index in [1.807, 2.05) is 55.5 Å². The van der Waals surface area contributed by atoms with Crippen LogP contribution in [0.25, 0.3) is 0 Å². The Balaban J connectivity index is 1.59. The van der Waals surface area contributed by atoms with E-state index in [-0.39, 0.29) is 11.4 Å². The Bertz CT molecular complexity index is 943. The van der Waals surface area contributed by atoms with Crippen LogP contribution in [0.2, 0.25) is 0 Å². The monoisotopic (exact) mass is 375 g/mol. The summed E-state index contributed by atoms with van der Waals surface area (Å²) >= 11 is 0. The quantitative estimate of drug-likeness (QED) is 0.577. The number of amides is 2. The van der Waals surface area contributed by atoms with Crippen molar-refractivity contribution in [1.29, 1.82) is 0 Å². The molecule has 0 radical (unpaired) electrons. The summed E-state index contributed by atoms with van der Waals surface area (Å²) in [6.07, 6.45) is 1.70. The molecule has 3 aromatic rings. The number of benzene rings is 2. The Morgan fingerprint density at radius 2 is 1.50 bits per heavy atom. The highest BCUT2D eigenvalue weighted by Gasteiger charge is 2.14. The maximum atomic E-state index is 12.3. The van der Waals surface area contributed by atoms with E-state index < -0.39 is 0 Å². The van der Waals surface area contributed by atoms with Crippen LogP contribution in [-0.2, 0) is 5.41 Å². The molecule has 0 unspecified atom stereocenters. The number of nitrogens with zero attached hydrogens (tertiary/aromatic N) is 1. The molecule has 144 valence electrons. The van der Waals surface area contributed by atoms with Gasteiger partial charge in [-0.3, -0.25) is 5.32 Å². The molecule has 0 saturated heterocycles. The van der Waals surface area contributed by atoms with Crippen LogP contribution in [0.1, 0.15) is 31.9 Å². The topological polar surface area (TPSA) is 63.2 Å². The fraction of sp³-hybridized carbons (Fsp3) is 0.217. The summed E-state index contributed by atoms with van der Waals surface area (Å²) in [5.74, 6) is 1.99. The van der Waals surface area contributed by atoms with Gasteiger partial charge in [0.2, 0.25) is 0 Å². The van der Waals surface area contributed by atoms with Gasteiger partial charge in [0.05, 0.1) is 0 Å². The van der Waals surface area contributed by atoms with Crippen molar-refractivity contribution in [2.24, 2.45) is 0 Å². The first-order valence-corrected chi connectivity index (χ1v) is 9.19. The zero-order chi connectivity index (χ0) is 20.1. The van der Waals surface area contributed by atoms with Gasteiger partial charge in [-0.1, -0.05) is 38.5 Å². The van der Waals surface area contributed by atoms with Gasteiger partial charge in [0.15, 0.2) is 0 Å². The first-order valence-electron chi connectivity index (χ1n) is 9.19. The van der Waals surface area contributed by atoms with Crippen molar-refractivity contribution in [1.82, 2.24) is 4.98 Å². The van der Waals surface area contributed by atoms with Crippen molar-refractivity contribution in [2.45, 2.75) is 33.1 Å². The van der Waals surface area contributed by atoms with Crippen LogP contribution in [0.15, 0.2) is 66.9 Å². The third kappa shape index (κ3) is 5.33. The highest BCUT2D eigenvalue weighted by molar-refractivity contribution is 5.99. The molecule has 0 aliphatic rings. The molecule has 0 bridgehead atoms. The Labute approximate surface area is 165 Å². The number of anilines is 2. The van der Waals surface area contributed by atoms with Crippen molar-refractivity contribution >= 4 is 17.5 Å². The first-order chi connectivity index (χ1) is 13.3. The largest absolute Gasteiger partial charge is 0.457 e. The summed E-state index contributed by atoms with van der Waals surface area (Å²) in [5.41, 5.74) is 2.94. The van der Waals surface area contributed by atoms with Gasteiger partial charge >= 0.3 is 6.03 Å². The summed E-state index contributed by atoms with van der Waals surface area (Å²) in [4.78, 5) is 16.5. The molecule has 0 spiro atoms. The van der Waals surface area contributed by atoms with Gasteiger partial charge in [-0.25, -0.2) is 9.78 Å². The molecule has 0 atom stereocenters. The molecule has 1 aromatic heterocycles. The number of pyridine rings is 1. The third-order valence-electron chi connectivity index (χ3n) is 4.24. The molecule has 3 rings (SSSR count). The number of nitrogens with one attached hydrogen (secondary N) is 2. The van der Waals surface area contributed by atoms with Crippen molar-refractivity contribution < 1.29 is 9.53 Å². The lowest BCUT2D eigenvalue weighted by Gasteiger charge is -2.19. The molecule has 0 aliphatic carbocycles. The number of ether oxygens (including phenoxy) is 1. The number of aryl methyl sites for hydroxylation is 1. The molecule has 2 aromatic carbocycles. The van der Waals surface area contributed by atoms with Gasteiger partial charge in [-0.05, 0) is 66.4 Å². The normalized spacial score (nSPS) is 11.0. The van der Waals surface area contributed by atoms with E-state index in [1.54, 1.807) is 18.3 Å². The molecular weight excluding hydrogens is 350 g/mol. The minimum Gasteiger partial charge on any atom is -0.457 e. The smallest absolute Gasteiger partial charge is 0.324 e. The molecule has 5 heteroatoms. The Hall–Kier alpha value is -3.34. The fourth-order valence-corrected chi connectivity index (χ4v) is 2.59. The highest BCUT2D eigenvalue weighted by Crippen LogP contribution is 2.24. The second-order valence-corrected chi connectivity index (χ2v) is 7.70. The number of hydrogen-bond donors (Lipinski definition) is 2. The van der Waals surface area contributed by atoms with Gasteiger partial charge in [0.1, 0.15) is 17.3 Å². The molecule has 1 heterocycles. The second-order valence-electron chi connectivity index (χ2n) is 7.70. The van der Waals surface area contributed by atoms with E-state index in [4.69, 9.17) is 4.74 Å². The SMILES string of the molecule is Cc1ccc(Oc2ccc(NC(=O)Nc3cc(C(C)(C)C)ccn3)cc2)cc1. The summed E-state index contributed by atoms with van der Waals surface area (Å²) in [5, 5.41) is 5.57. The van der Waals surface area contributed by atoms with Crippen molar-refractivity contribution in [3.05, 3.63) is 78.0 Å². The minimum absolute atomic E-state index is 0.0108. The van der Waals surface area contributed by atoms with Crippen LogP contribution in [0.4, 0.5) is 16.3 Å². The third-order valence-corrected chi connectivity index (χ3v) is 4.24. The van der Waals surface area contributed by atoms with Crippen molar-refractivity contribution in [2.75, 3.05) is 10.6 Å². The lowest BCUT2D eigenvalue weighted by Crippen LogP contribution is -2.21. The molecule has 28 heavy (non-hydrogen) atoms. The minimum atomic E-state index is -0.342. The van der Waals surface area contributed by atoms with E-state index in [2.05, 4.69) is 36.4 Å². The van der Waals surface area contributed by atoms with Crippen LogP contribution in [0.5, 0.6) is 11.5 Å². The van der Waals surface area contributed by atoms with Crippen LogP contribution in [0, 0.1) is 6.92 Å². The molecule has 0 aliphatic heterocycles. The predicted molar refractivity (Wildman–Crippen MR) is 113 cm³/mol. The average molecular weight is 375 g/mol. The van der Waals surface area contributed by atoms with Gasteiger partial charge < -0.3 is 10.1 Å². The lowest BCUT2D eigenvalue weighted by atomic mass is 9.88. The maximum Gasteiger partial charge on any atom is 0.324 e. The molecule has 0 fully saturated rings. The van der Waals surface area contributed by atoms with E-state index in [0.717, 1.165) is 11.3 Å². The standard InChI is InChI=1S/C23H25N3O2/c1-16-5-9-19(10-6-16)28-20-11-7-18(8-12-20)25-22(27)26-21-15-17(13-14-24-21)23(2,3)4/h5-15H,1-4H3,(H2,24,25,26,27). The van der Waals surface area contributed by atoms with Crippen LogP contribution in [-0.4, -0.2) is 11.0 Å². The van der Waals surface area contributed by atoms with Crippen molar-refractivity contribution in [3.63, 3.8) is 0 Å². The number of aromatic nitrogens is 1. The van der Waals surface area contributed by atoms with Gasteiger partial charge in [0.25, 0.3) is 0 Å². The van der Waals surface area contributed by atoms with Crippen LogP contribution < -0.4 is 15.4 Å². The Morgan fingerprint density at radius 3 is 2.11 bits per heavy atom. The highest BCUT2D eigenvalue weighted by atomic mass is 16.5. The van der Waals surface area contributed by atoms with Crippen LogP contribution >= 0.6 is 0 Å². The molecule has 2 amide bonds. The van der Waals surface area contributed by atoms with Crippen molar-refractivity contribution in [3.8, 4) is 11.5 Å². The Kier molecular flexibility index (Phi) is 5.64. The second kappa shape index (κ2) is 8.13. The number of carbonyl (C=O) groups excluding carboxylic acids is 1. The first kappa shape index (κ1) is 19.4. The number of rotatable bonds is 4. The maximum absolute atomic E-state index is 12.3. The summed E-state index contributed by atoms with van der Waals surface area (Å²) < 4.78 is 5.80.